The predicted molar refractivity (Wildman–Crippen MR) is 101 cm³/mol. The molecule has 3 N–H and O–H groups in total. The molecule has 3 heterocycles. The molecule has 3 rings (SSSR count). The second-order valence-corrected chi connectivity index (χ2v) is 6.87. The summed E-state index contributed by atoms with van der Waals surface area (Å²) in [5, 5.41) is 8.22. The number of anilines is 2. The van der Waals surface area contributed by atoms with Crippen LogP contribution >= 0.6 is 0 Å². The summed E-state index contributed by atoms with van der Waals surface area (Å²) in [6.07, 6.45) is 8.32. The van der Waals surface area contributed by atoms with E-state index in [1.807, 2.05) is 12.3 Å². The third-order valence-electron chi connectivity index (χ3n) is 4.61. The number of nitrogens with one attached hydrogen (secondary N) is 1. The van der Waals surface area contributed by atoms with Crippen molar-refractivity contribution in [1.82, 2.24) is 24.3 Å². The first kappa shape index (κ1) is 17.9. The van der Waals surface area contributed by atoms with Crippen molar-refractivity contribution in [2.24, 2.45) is 17.6 Å². The maximum absolute atomic E-state index is 11.0. The Kier molecular flexibility index (Phi) is 5.20. The Morgan fingerprint density at radius 3 is 2.85 bits per heavy atom. The summed E-state index contributed by atoms with van der Waals surface area (Å²) < 4.78 is 3.66. The van der Waals surface area contributed by atoms with Gasteiger partial charge < -0.3 is 15.6 Å². The van der Waals surface area contributed by atoms with E-state index < -0.39 is 5.91 Å². The van der Waals surface area contributed by atoms with Crippen LogP contribution in [-0.4, -0.2) is 30.2 Å². The third-order valence-corrected chi connectivity index (χ3v) is 4.61. The fourth-order valence-electron chi connectivity index (χ4n) is 3.05. The molecule has 0 spiro atoms. The molecule has 0 saturated carbocycles. The van der Waals surface area contributed by atoms with Crippen molar-refractivity contribution >= 4 is 28.6 Å². The summed E-state index contributed by atoms with van der Waals surface area (Å²) in [7, 11) is 0. The highest BCUT2D eigenvalue weighted by molar-refractivity contribution is 5.77. The van der Waals surface area contributed by atoms with E-state index in [4.69, 9.17) is 5.73 Å². The van der Waals surface area contributed by atoms with Gasteiger partial charge in [-0.15, -0.1) is 0 Å². The normalized spacial score (nSPS) is 12.6. The van der Waals surface area contributed by atoms with Gasteiger partial charge in [-0.3, -0.25) is 9.48 Å². The molecule has 0 saturated heterocycles. The van der Waals surface area contributed by atoms with Gasteiger partial charge in [-0.1, -0.05) is 27.2 Å². The van der Waals surface area contributed by atoms with Crippen molar-refractivity contribution in [1.29, 1.82) is 0 Å². The number of carbonyl (C=O) groups excluding carboxylic acids is 1. The molecule has 3 aromatic rings. The Balaban J connectivity index is 1.80. The highest BCUT2D eigenvalue weighted by Crippen LogP contribution is 2.22. The molecule has 1 amide bonds. The van der Waals surface area contributed by atoms with Gasteiger partial charge in [0.05, 0.1) is 11.9 Å². The zero-order valence-corrected chi connectivity index (χ0v) is 15.4. The van der Waals surface area contributed by atoms with Gasteiger partial charge in [0.2, 0.25) is 11.9 Å². The molecule has 0 aliphatic rings. The van der Waals surface area contributed by atoms with Crippen LogP contribution in [0.3, 0.4) is 0 Å². The average molecular weight is 355 g/mol. The van der Waals surface area contributed by atoms with Crippen LogP contribution in [0.5, 0.6) is 0 Å². The minimum atomic E-state index is -0.439. The number of hydrogen-bond donors (Lipinski definition) is 2. The van der Waals surface area contributed by atoms with E-state index in [1.165, 1.54) is 4.68 Å². The maximum Gasteiger partial charge on any atom is 0.239 e. The topological polar surface area (TPSA) is 104 Å². The van der Waals surface area contributed by atoms with Gasteiger partial charge in [-0.05, 0) is 17.9 Å². The largest absolute Gasteiger partial charge is 0.368 e. The quantitative estimate of drug-likeness (QED) is 0.646. The van der Waals surface area contributed by atoms with Crippen molar-refractivity contribution in [3.05, 3.63) is 30.9 Å². The lowest BCUT2D eigenvalue weighted by molar-refractivity contribution is -0.118. The predicted octanol–water partition coefficient (Wildman–Crippen LogP) is 2.54. The molecule has 0 bridgehead atoms. The highest BCUT2D eigenvalue weighted by atomic mass is 16.1. The number of nitrogens with two attached hydrogens (primary N) is 1. The van der Waals surface area contributed by atoms with Crippen LogP contribution in [0, 0.1) is 11.8 Å². The van der Waals surface area contributed by atoms with Crippen LogP contribution in [0.15, 0.2) is 30.9 Å². The minimum absolute atomic E-state index is 0.0397. The third kappa shape index (κ3) is 4.01. The van der Waals surface area contributed by atoms with Crippen LogP contribution < -0.4 is 11.1 Å². The van der Waals surface area contributed by atoms with E-state index in [0.29, 0.717) is 23.5 Å². The number of carbonyl (C=O) groups is 1. The van der Waals surface area contributed by atoms with E-state index in [1.54, 1.807) is 12.4 Å². The molecule has 8 heteroatoms. The first-order valence-corrected chi connectivity index (χ1v) is 8.86. The second-order valence-electron chi connectivity index (χ2n) is 6.87. The molecule has 8 nitrogen and oxygen atoms in total. The van der Waals surface area contributed by atoms with Crippen LogP contribution in [-0.2, 0) is 17.9 Å². The van der Waals surface area contributed by atoms with Gasteiger partial charge >= 0.3 is 0 Å². The van der Waals surface area contributed by atoms with Crippen molar-refractivity contribution in [3.8, 4) is 0 Å². The summed E-state index contributed by atoms with van der Waals surface area (Å²) in [6.45, 7) is 7.71. The summed E-state index contributed by atoms with van der Waals surface area (Å²) in [5.74, 6) is 1.27. The van der Waals surface area contributed by atoms with E-state index in [-0.39, 0.29) is 6.54 Å². The molecule has 0 aliphatic heterocycles. The fraction of sp³-hybridized carbons (Fsp3) is 0.444. The minimum Gasteiger partial charge on any atom is -0.368 e. The molecule has 1 unspecified atom stereocenters. The number of primary amides is 1. The molecule has 1 atom stereocenters. The van der Waals surface area contributed by atoms with Crippen LogP contribution in [0.1, 0.15) is 27.2 Å². The van der Waals surface area contributed by atoms with Gasteiger partial charge in [-0.2, -0.15) is 10.1 Å². The number of rotatable bonds is 8. The molecular formula is C18H25N7O. The lowest BCUT2D eigenvalue weighted by Gasteiger charge is -2.20. The summed E-state index contributed by atoms with van der Waals surface area (Å²) >= 11 is 0. The molecule has 26 heavy (non-hydrogen) atoms. The standard InChI is InChI=1S/C18H25N7O/c1-4-13(12(2)3)9-24-6-5-14-7-20-18(23-17(14)24)22-15-8-21-25(10-15)11-16(19)26/h5-8,10,12-13H,4,9,11H2,1-3H3,(H2,19,26)(H,20,22,23). The molecular weight excluding hydrogens is 330 g/mol. The molecule has 3 aromatic heterocycles. The molecule has 0 aliphatic carbocycles. The van der Waals surface area contributed by atoms with Gasteiger partial charge in [0.15, 0.2) is 0 Å². The highest BCUT2D eigenvalue weighted by Gasteiger charge is 2.14. The molecule has 0 aromatic carbocycles. The zero-order chi connectivity index (χ0) is 18.7. The Morgan fingerprint density at radius 2 is 2.15 bits per heavy atom. The van der Waals surface area contributed by atoms with E-state index >= 15 is 0 Å². The summed E-state index contributed by atoms with van der Waals surface area (Å²) in [4.78, 5) is 20.0. The summed E-state index contributed by atoms with van der Waals surface area (Å²) in [5.41, 5.74) is 6.79. The lowest BCUT2D eigenvalue weighted by Crippen LogP contribution is -2.18. The maximum atomic E-state index is 11.0. The molecule has 0 radical (unpaired) electrons. The van der Waals surface area contributed by atoms with Crippen LogP contribution in [0.4, 0.5) is 11.6 Å². The average Bonchev–Trinajstić information content (AvgIpc) is 3.18. The van der Waals surface area contributed by atoms with Crippen molar-refractivity contribution in [3.63, 3.8) is 0 Å². The second kappa shape index (κ2) is 7.55. The fourth-order valence-corrected chi connectivity index (χ4v) is 3.05. The van der Waals surface area contributed by atoms with Gasteiger partial charge in [0.1, 0.15) is 12.2 Å². The van der Waals surface area contributed by atoms with Crippen molar-refractivity contribution in [2.75, 3.05) is 5.32 Å². The lowest BCUT2D eigenvalue weighted by atomic mass is 9.93. The van der Waals surface area contributed by atoms with Crippen molar-refractivity contribution in [2.45, 2.75) is 40.3 Å². The smallest absolute Gasteiger partial charge is 0.239 e. The number of fused-ring (bicyclic) bond motifs is 1. The Hall–Kier alpha value is -2.90. The van der Waals surface area contributed by atoms with Crippen molar-refractivity contribution < 1.29 is 4.79 Å². The van der Waals surface area contributed by atoms with Gasteiger partial charge in [0.25, 0.3) is 0 Å². The van der Waals surface area contributed by atoms with Gasteiger partial charge in [0, 0.05) is 30.5 Å². The van der Waals surface area contributed by atoms with Crippen LogP contribution in [0.2, 0.25) is 0 Å². The Labute approximate surface area is 152 Å². The number of nitrogens with zero attached hydrogens (tertiary/aromatic N) is 5. The van der Waals surface area contributed by atoms with Gasteiger partial charge in [-0.25, -0.2) is 4.98 Å². The SMILES string of the molecule is CCC(Cn1ccc2cnc(Nc3cnn(CC(N)=O)c3)nc21)C(C)C. The number of amides is 1. The first-order valence-electron chi connectivity index (χ1n) is 8.86. The first-order chi connectivity index (χ1) is 12.5. The Bertz CT molecular complexity index is 896. The Morgan fingerprint density at radius 1 is 1.35 bits per heavy atom. The van der Waals surface area contributed by atoms with E-state index in [0.717, 1.165) is 24.0 Å². The van der Waals surface area contributed by atoms with Crippen LogP contribution in [0.25, 0.3) is 11.0 Å². The number of aromatic nitrogens is 5. The van der Waals surface area contributed by atoms with E-state index in [2.05, 4.69) is 51.9 Å². The molecule has 0 fully saturated rings. The van der Waals surface area contributed by atoms with E-state index in [9.17, 15) is 4.79 Å². The summed E-state index contributed by atoms with van der Waals surface area (Å²) in [6, 6.07) is 2.04. The molecule has 138 valence electrons. The zero-order valence-electron chi connectivity index (χ0n) is 15.4. The number of hydrogen-bond acceptors (Lipinski definition) is 5. The monoisotopic (exact) mass is 355 g/mol.